The molecule has 6 nitrogen and oxygen atoms in total. The first-order chi connectivity index (χ1) is 13.0. The molecule has 0 saturated heterocycles. The van der Waals surface area contributed by atoms with E-state index in [2.05, 4.69) is 6.07 Å². The van der Waals surface area contributed by atoms with Gasteiger partial charge in [0.25, 0.3) is 5.69 Å². The molecule has 3 rings (SSSR count). The van der Waals surface area contributed by atoms with Gasteiger partial charge in [0, 0.05) is 17.7 Å². The van der Waals surface area contributed by atoms with Gasteiger partial charge in [0.05, 0.1) is 28.2 Å². The predicted molar refractivity (Wildman–Crippen MR) is 100 cm³/mol. The molecule has 0 aliphatic carbocycles. The second-order valence-corrected chi connectivity index (χ2v) is 5.82. The number of hydrogen-bond donors (Lipinski definition) is 0. The van der Waals surface area contributed by atoms with E-state index in [-0.39, 0.29) is 5.69 Å². The van der Waals surface area contributed by atoms with Crippen molar-refractivity contribution >= 4 is 17.3 Å². The maximum absolute atomic E-state index is 11.0. The molecule has 0 N–H and O–H groups in total. The van der Waals surface area contributed by atoms with E-state index in [0.29, 0.717) is 33.8 Å². The average Bonchev–Trinajstić information content (AvgIpc) is 3.14. The molecule has 0 amide bonds. The first-order valence-corrected chi connectivity index (χ1v) is 7.99. The first kappa shape index (κ1) is 17.7. The SMILES string of the molecule is Cc1ccc([N+](=O)[O-])cc1-c1ccc(C=C(C#N)c2cccc(C#N)c2)o1. The van der Waals surface area contributed by atoms with Crippen molar-refractivity contribution in [3.05, 3.63) is 87.2 Å². The number of rotatable bonds is 4. The van der Waals surface area contributed by atoms with Gasteiger partial charge < -0.3 is 4.42 Å². The van der Waals surface area contributed by atoms with Crippen molar-refractivity contribution in [2.24, 2.45) is 0 Å². The lowest BCUT2D eigenvalue weighted by Gasteiger charge is -2.02. The van der Waals surface area contributed by atoms with Crippen LogP contribution in [0.5, 0.6) is 0 Å². The Morgan fingerprint density at radius 2 is 1.96 bits per heavy atom. The van der Waals surface area contributed by atoms with Crippen LogP contribution in [0.1, 0.15) is 22.5 Å². The number of non-ortho nitro benzene ring substituents is 1. The maximum atomic E-state index is 11.0. The van der Waals surface area contributed by atoms with E-state index < -0.39 is 4.92 Å². The van der Waals surface area contributed by atoms with E-state index in [4.69, 9.17) is 9.68 Å². The number of benzene rings is 2. The number of aryl methyl sites for hydroxylation is 1. The van der Waals surface area contributed by atoms with Crippen LogP contribution in [-0.4, -0.2) is 4.92 Å². The molecular weight excluding hydrogens is 342 g/mol. The van der Waals surface area contributed by atoms with Gasteiger partial charge in [-0.25, -0.2) is 0 Å². The van der Waals surface area contributed by atoms with Crippen LogP contribution in [-0.2, 0) is 0 Å². The van der Waals surface area contributed by atoms with Crippen LogP contribution in [0.2, 0.25) is 0 Å². The minimum Gasteiger partial charge on any atom is -0.457 e. The molecule has 130 valence electrons. The van der Waals surface area contributed by atoms with Crippen molar-refractivity contribution < 1.29 is 9.34 Å². The van der Waals surface area contributed by atoms with Gasteiger partial charge in [0.1, 0.15) is 11.5 Å². The highest BCUT2D eigenvalue weighted by Crippen LogP contribution is 2.30. The number of allylic oxidation sites excluding steroid dienone is 1. The third-order valence-electron chi connectivity index (χ3n) is 4.03. The molecule has 2 aromatic carbocycles. The Labute approximate surface area is 155 Å². The Morgan fingerprint density at radius 1 is 1.15 bits per heavy atom. The number of nitro groups is 1. The van der Waals surface area contributed by atoms with Crippen molar-refractivity contribution in [2.75, 3.05) is 0 Å². The summed E-state index contributed by atoms with van der Waals surface area (Å²) in [6.07, 6.45) is 1.58. The van der Waals surface area contributed by atoms with Gasteiger partial charge >= 0.3 is 0 Å². The standard InChI is InChI=1S/C21H13N3O3/c1-14-5-6-18(24(25)26)11-20(14)21-8-7-19(27-21)10-17(13-23)16-4-2-3-15(9-16)12-22/h2-11H,1H3. The summed E-state index contributed by atoms with van der Waals surface area (Å²) in [6, 6.07) is 18.9. The molecule has 0 unspecified atom stereocenters. The van der Waals surface area contributed by atoms with Gasteiger partial charge in [0.2, 0.25) is 0 Å². The van der Waals surface area contributed by atoms with Crippen molar-refractivity contribution in [3.63, 3.8) is 0 Å². The lowest BCUT2D eigenvalue weighted by atomic mass is 10.0. The fourth-order valence-electron chi connectivity index (χ4n) is 2.64. The molecule has 3 aromatic rings. The van der Waals surface area contributed by atoms with Crippen molar-refractivity contribution in [2.45, 2.75) is 6.92 Å². The fourth-order valence-corrected chi connectivity index (χ4v) is 2.64. The third kappa shape index (κ3) is 3.76. The molecule has 0 aliphatic heterocycles. The number of nitro benzene ring substituents is 1. The summed E-state index contributed by atoms with van der Waals surface area (Å²) >= 11 is 0. The Morgan fingerprint density at radius 3 is 2.67 bits per heavy atom. The molecule has 0 spiro atoms. The summed E-state index contributed by atoms with van der Waals surface area (Å²) in [6.45, 7) is 1.84. The van der Waals surface area contributed by atoms with Crippen LogP contribution in [0.15, 0.2) is 59.0 Å². The quantitative estimate of drug-likeness (QED) is 0.368. The van der Waals surface area contributed by atoms with Crippen molar-refractivity contribution in [3.8, 4) is 23.5 Å². The zero-order valence-corrected chi connectivity index (χ0v) is 14.3. The monoisotopic (exact) mass is 355 g/mol. The van der Waals surface area contributed by atoms with Gasteiger partial charge in [0.15, 0.2) is 0 Å². The lowest BCUT2D eigenvalue weighted by Crippen LogP contribution is -1.89. The topological polar surface area (TPSA) is 104 Å². The molecular formula is C21H13N3O3. The van der Waals surface area contributed by atoms with Crippen LogP contribution in [0.3, 0.4) is 0 Å². The third-order valence-corrected chi connectivity index (χ3v) is 4.03. The summed E-state index contributed by atoms with van der Waals surface area (Å²) in [5.41, 5.74) is 2.86. The Balaban J connectivity index is 1.99. The first-order valence-electron chi connectivity index (χ1n) is 7.99. The van der Waals surface area contributed by atoms with E-state index in [1.54, 1.807) is 48.5 Å². The van der Waals surface area contributed by atoms with E-state index >= 15 is 0 Å². The molecule has 27 heavy (non-hydrogen) atoms. The minimum absolute atomic E-state index is 0.0184. The lowest BCUT2D eigenvalue weighted by molar-refractivity contribution is -0.384. The molecule has 0 bridgehead atoms. The molecule has 0 fully saturated rings. The van der Waals surface area contributed by atoms with Gasteiger partial charge in [-0.05, 0) is 48.4 Å². The zero-order valence-electron chi connectivity index (χ0n) is 14.3. The largest absolute Gasteiger partial charge is 0.457 e. The smallest absolute Gasteiger partial charge is 0.270 e. The number of nitriles is 2. The zero-order chi connectivity index (χ0) is 19.4. The van der Waals surface area contributed by atoms with Crippen LogP contribution >= 0.6 is 0 Å². The van der Waals surface area contributed by atoms with E-state index in [9.17, 15) is 15.4 Å². The number of furan rings is 1. The van der Waals surface area contributed by atoms with Crippen LogP contribution < -0.4 is 0 Å². The normalized spacial score (nSPS) is 10.9. The van der Waals surface area contributed by atoms with Gasteiger partial charge in [-0.2, -0.15) is 10.5 Å². The molecule has 6 heteroatoms. The number of hydrogen-bond acceptors (Lipinski definition) is 5. The summed E-state index contributed by atoms with van der Waals surface area (Å²) < 4.78 is 5.78. The Kier molecular flexibility index (Phi) is 4.83. The highest BCUT2D eigenvalue weighted by atomic mass is 16.6. The van der Waals surface area contributed by atoms with Crippen LogP contribution in [0.4, 0.5) is 5.69 Å². The summed E-state index contributed by atoms with van der Waals surface area (Å²) in [7, 11) is 0. The predicted octanol–water partition coefficient (Wildman–Crippen LogP) is 5.10. The Hall–Kier alpha value is -4.16. The van der Waals surface area contributed by atoms with Crippen LogP contribution in [0, 0.1) is 39.7 Å². The highest BCUT2D eigenvalue weighted by molar-refractivity contribution is 5.89. The van der Waals surface area contributed by atoms with Gasteiger partial charge in [-0.3, -0.25) is 10.1 Å². The molecule has 0 atom stereocenters. The van der Waals surface area contributed by atoms with Gasteiger partial charge in [-0.15, -0.1) is 0 Å². The van der Waals surface area contributed by atoms with Gasteiger partial charge in [-0.1, -0.05) is 18.2 Å². The van der Waals surface area contributed by atoms with Crippen LogP contribution in [0.25, 0.3) is 23.0 Å². The van der Waals surface area contributed by atoms with Crippen molar-refractivity contribution in [1.82, 2.24) is 0 Å². The van der Waals surface area contributed by atoms with E-state index in [0.717, 1.165) is 5.56 Å². The molecule has 0 saturated carbocycles. The molecule has 0 radical (unpaired) electrons. The average molecular weight is 355 g/mol. The maximum Gasteiger partial charge on any atom is 0.270 e. The van der Waals surface area contributed by atoms with Crippen molar-refractivity contribution in [1.29, 1.82) is 10.5 Å². The molecule has 1 heterocycles. The van der Waals surface area contributed by atoms with E-state index in [1.165, 1.54) is 12.1 Å². The minimum atomic E-state index is -0.456. The van der Waals surface area contributed by atoms with E-state index in [1.807, 2.05) is 13.0 Å². The second-order valence-electron chi connectivity index (χ2n) is 5.82. The molecule has 1 aromatic heterocycles. The summed E-state index contributed by atoms with van der Waals surface area (Å²) in [4.78, 5) is 10.5. The Bertz CT molecular complexity index is 1140. The number of nitrogens with zero attached hydrogens (tertiary/aromatic N) is 3. The summed E-state index contributed by atoms with van der Waals surface area (Å²) in [5.74, 6) is 0.917. The summed E-state index contributed by atoms with van der Waals surface area (Å²) in [5, 5.41) is 29.5. The second kappa shape index (κ2) is 7.38. The molecule has 0 aliphatic rings. The highest BCUT2D eigenvalue weighted by Gasteiger charge is 2.13. The fraction of sp³-hybridized carbons (Fsp3) is 0.0476.